The van der Waals surface area contributed by atoms with Crippen LogP contribution in [0.3, 0.4) is 0 Å². The molecular weight excluding hydrogens is 753 g/mol. The van der Waals surface area contributed by atoms with Gasteiger partial charge in [0.2, 0.25) is 6.71 Å². The number of para-hydroxylation sites is 3. The molecule has 3 nitrogen and oxygen atoms in total. The van der Waals surface area contributed by atoms with E-state index in [1.54, 1.807) is 7.11 Å². The highest BCUT2D eigenvalue weighted by Crippen LogP contribution is 2.48. The summed E-state index contributed by atoms with van der Waals surface area (Å²) in [6.45, 7) is 11.4. The third-order valence-corrected chi connectivity index (χ3v) is 13.1. The molecular formula is C58H46BNO2. The molecule has 0 saturated heterocycles. The van der Waals surface area contributed by atoms with Crippen molar-refractivity contribution in [2.24, 2.45) is 0 Å². The summed E-state index contributed by atoms with van der Waals surface area (Å²) in [6, 6.07) is 61.7. The fraction of sp³-hybridized carbons (Fsp3) is 0.103. The number of hydrogen-bond donors (Lipinski definition) is 0. The number of aryl methyl sites for hydroxylation is 5. The molecule has 0 N–H and O–H groups in total. The molecule has 0 fully saturated rings. The second kappa shape index (κ2) is 14.7. The van der Waals surface area contributed by atoms with Crippen molar-refractivity contribution in [2.75, 3.05) is 12.0 Å². The Kier molecular flexibility index (Phi) is 8.94. The van der Waals surface area contributed by atoms with E-state index in [2.05, 4.69) is 197 Å². The summed E-state index contributed by atoms with van der Waals surface area (Å²) in [4.78, 5) is 2.33. The summed E-state index contributed by atoms with van der Waals surface area (Å²) in [7, 11) is 1.79. The predicted molar refractivity (Wildman–Crippen MR) is 264 cm³/mol. The largest absolute Gasteiger partial charge is 0.496 e. The van der Waals surface area contributed by atoms with Crippen molar-refractivity contribution >= 4 is 72.9 Å². The van der Waals surface area contributed by atoms with Gasteiger partial charge in [-0.25, -0.2) is 0 Å². The number of nitrogens with zero attached hydrogens (tertiary/aromatic N) is 1. The van der Waals surface area contributed by atoms with E-state index in [1.807, 2.05) is 12.1 Å². The maximum Gasteiger partial charge on any atom is 0.243 e. The van der Waals surface area contributed by atoms with E-state index in [9.17, 15) is 0 Å². The molecule has 0 unspecified atom stereocenters. The maximum absolute atomic E-state index is 6.72. The molecule has 62 heavy (non-hydrogen) atoms. The minimum atomic E-state index is 0.112. The van der Waals surface area contributed by atoms with Crippen molar-refractivity contribution < 1.29 is 9.15 Å². The highest BCUT2D eigenvalue weighted by Gasteiger charge is 2.36. The number of methoxy groups -OCH3 is 1. The topological polar surface area (TPSA) is 25.6 Å². The average molecular weight is 800 g/mol. The fourth-order valence-electron chi connectivity index (χ4n) is 10.7. The van der Waals surface area contributed by atoms with E-state index < -0.39 is 0 Å². The van der Waals surface area contributed by atoms with Gasteiger partial charge in [-0.3, -0.25) is 0 Å². The maximum atomic E-state index is 6.72. The fourth-order valence-corrected chi connectivity index (χ4v) is 10.7. The summed E-state index contributed by atoms with van der Waals surface area (Å²) >= 11 is 0. The molecule has 11 rings (SSSR count). The van der Waals surface area contributed by atoms with Crippen molar-refractivity contribution in [3.63, 3.8) is 0 Å². The van der Waals surface area contributed by atoms with Crippen LogP contribution in [-0.2, 0) is 0 Å². The van der Waals surface area contributed by atoms with Crippen LogP contribution in [0.15, 0.2) is 174 Å². The van der Waals surface area contributed by atoms with E-state index >= 15 is 0 Å². The summed E-state index contributed by atoms with van der Waals surface area (Å²) in [5, 5.41) is 4.71. The Morgan fingerprint density at radius 3 is 1.90 bits per heavy atom. The molecule has 298 valence electrons. The lowest BCUT2D eigenvalue weighted by Crippen LogP contribution is -2.57. The van der Waals surface area contributed by atoms with E-state index in [1.165, 1.54) is 66.1 Å². The molecule has 1 aromatic heterocycles. The summed E-state index contributed by atoms with van der Waals surface area (Å²) in [6.07, 6.45) is 0. The van der Waals surface area contributed by atoms with Crippen molar-refractivity contribution in [1.29, 1.82) is 0 Å². The van der Waals surface area contributed by atoms with Gasteiger partial charge in [0, 0.05) is 28.0 Å². The molecule has 0 amide bonds. The molecule has 1 aliphatic heterocycles. The molecule has 10 aromatic rings. The molecule has 0 saturated carbocycles. The Bertz CT molecular complexity index is 3390. The van der Waals surface area contributed by atoms with Crippen LogP contribution in [0.5, 0.6) is 5.75 Å². The quantitative estimate of drug-likeness (QED) is 0.150. The molecule has 0 atom stereocenters. The van der Waals surface area contributed by atoms with Gasteiger partial charge >= 0.3 is 0 Å². The second-order valence-electron chi connectivity index (χ2n) is 17.1. The first-order valence-electron chi connectivity index (χ1n) is 21.6. The predicted octanol–water partition coefficient (Wildman–Crippen LogP) is 13.6. The van der Waals surface area contributed by atoms with Crippen LogP contribution in [-0.4, -0.2) is 13.8 Å². The first kappa shape index (κ1) is 37.7. The van der Waals surface area contributed by atoms with Gasteiger partial charge in [-0.2, -0.15) is 0 Å². The monoisotopic (exact) mass is 799 g/mol. The minimum absolute atomic E-state index is 0.112. The number of rotatable bonds is 7. The van der Waals surface area contributed by atoms with Crippen LogP contribution in [0, 0.1) is 34.6 Å². The summed E-state index contributed by atoms with van der Waals surface area (Å²) in [5.74, 6) is 0.798. The van der Waals surface area contributed by atoms with Gasteiger partial charge < -0.3 is 14.1 Å². The molecule has 4 heteroatoms. The molecule has 9 aromatic carbocycles. The van der Waals surface area contributed by atoms with Crippen LogP contribution in [0.25, 0.3) is 66.1 Å². The number of anilines is 3. The van der Waals surface area contributed by atoms with Gasteiger partial charge in [-0.05, 0) is 98.0 Å². The number of benzene rings is 9. The number of fused-ring (bicyclic) bond motifs is 5. The zero-order valence-electron chi connectivity index (χ0n) is 36.0. The standard InChI is InChI=1S/C58H46BNO2/c1-35-30-37(3)56(38(4)31-35)59-50-29-28-43(46-20-14-21-47(55(46)50)49-33-36(2)32-39(5)57(49)59)45-27-26-41(34-54(45)61-6)60(51-23-12-10-18-42(51)40-16-8-7-9-17-40)52-24-15-22-48-44-19-11-13-25-53(44)62-58(48)52/h7-34H,1-6H3. The number of furan rings is 1. The van der Waals surface area contributed by atoms with Crippen LogP contribution in [0.1, 0.15) is 27.8 Å². The van der Waals surface area contributed by atoms with Crippen LogP contribution in [0.4, 0.5) is 17.1 Å². The molecule has 0 spiro atoms. The first-order valence-corrected chi connectivity index (χ1v) is 21.6. The normalized spacial score (nSPS) is 12.0. The van der Waals surface area contributed by atoms with Crippen molar-refractivity contribution in [1.82, 2.24) is 0 Å². The lowest BCUT2D eigenvalue weighted by molar-refractivity contribution is 0.416. The van der Waals surface area contributed by atoms with Crippen LogP contribution < -0.4 is 26.0 Å². The van der Waals surface area contributed by atoms with Crippen LogP contribution in [0.2, 0.25) is 0 Å². The first-order chi connectivity index (χ1) is 30.3. The van der Waals surface area contributed by atoms with Crippen LogP contribution >= 0.6 is 0 Å². The van der Waals surface area contributed by atoms with E-state index in [0.717, 1.165) is 67.0 Å². The minimum Gasteiger partial charge on any atom is -0.496 e. The summed E-state index contributed by atoms with van der Waals surface area (Å²) in [5.41, 5.74) is 22.5. The molecule has 2 heterocycles. The van der Waals surface area contributed by atoms with Crippen molar-refractivity contribution in [3.8, 4) is 39.1 Å². The van der Waals surface area contributed by atoms with Gasteiger partial charge in [-0.15, -0.1) is 0 Å². The molecule has 0 aliphatic carbocycles. The zero-order valence-corrected chi connectivity index (χ0v) is 36.0. The zero-order chi connectivity index (χ0) is 42.2. The summed E-state index contributed by atoms with van der Waals surface area (Å²) < 4.78 is 13.2. The Labute approximate surface area is 363 Å². The molecule has 0 bridgehead atoms. The van der Waals surface area contributed by atoms with Crippen molar-refractivity contribution in [2.45, 2.75) is 34.6 Å². The highest BCUT2D eigenvalue weighted by molar-refractivity contribution is 6.99. The second-order valence-corrected chi connectivity index (χ2v) is 17.1. The van der Waals surface area contributed by atoms with E-state index in [4.69, 9.17) is 9.15 Å². The Balaban J connectivity index is 1.14. The Hall–Kier alpha value is -7.30. The van der Waals surface area contributed by atoms with Gasteiger partial charge in [0.25, 0.3) is 0 Å². The Morgan fingerprint density at radius 1 is 0.468 bits per heavy atom. The molecule has 0 radical (unpaired) electrons. The Morgan fingerprint density at radius 2 is 1.10 bits per heavy atom. The SMILES string of the molecule is COc1cc(N(c2ccccc2-c2ccccc2)c2cccc3c2oc2ccccc23)ccc1-c1ccc2c3c(cccc13)-c1cc(C)cc(C)c1B2c1c(C)cc(C)cc1C. The smallest absolute Gasteiger partial charge is 0.243 e. The van der Waals surface area contributed by atoms with Gasteiger partial charge in [0.1, 0.15) is 11.3 Å². The third kappa shape index (κ3) is 5.89. The lowest BCUT2D eigenvalue weighted by Gasteiger charge is -2.32. The average Bonchev–Trinajstić information content (AvgIpc) is 3.67. The van der Waals surface area contributed by atoms with Gasteiger partial charge in [-0.1, -0.05) is 178 Å². The number of hydrogen-bond acceptors (Lipinski definition) is 3. The number of ether oxygens (including phenoxy) is 1. The lowest BCUT2D eigenvalue weighted by atomic mass is 9.32. The molecule has 1 aliphatic rings. The van der Waals surface area contributed by atoms with E-state index in [0.29, 0.717) is 0 Å². The van der Waals surface area contributed by atoms with Gasteiger partial charge in [0.15, 0.2) is 5.58 Å². The third-order valence-electron chi connectivity index (χ3n) is 13.1. The van der Waals surface area contributed by atoms with Gasteiger partial charge in [0.05, 0.1) is 24.2 Å². The highest BCUT2D eigenvalue weighted by atomic mass is 16.5. The van der Waals surface area contributed by atoms with E-state index in [-0.39, 0.29) is 6.71 Å². The van der Waals surface area contributed by atoms with Crippen molar-refractivity contribution in [3.05, 3.63) is 198 Å².